The van der Waals surface area contributed by atoms with Crippen LogP contribution in [0.5, 0.6) is 0 Å². The smallest absolute Gasteiger partial charge is 0.314 e. The van der Waals surface area contributed by atoms with Crippen molar-refractivity contribution in [3.8, 4) is 0 Å². The highest BCUT2D eigenvalue weighted by Gasteiger charge is 2.36. The van der Waals surface area contributed by atoms with Gasteiger partial charge in [-0.2, -0.15) is 13.2 Å². The molecule has 0 radical (unpaired) electrons. The van der Waals surface area contributed by atoms with Crippen molar-refractivity contribution in [2.24, 2.45) is 5.92 Å². The van der Waals surface area contributed by atoms with Gasteiger partial charge < -0.3 is 5.32 Å². The number of nitrogens with zero attached hydrogens (tertiary/aromatic N) is 1. The van der Waals surface area contributed by atoms with Gasteiger partial charge in [0.15, 0.2) is 0 Å². The van der Waals surface area contributed by atoms with E-state index in [2.05, 4.69) is 26.1 Å². The molecule has 1 saturated heterocycles. The third-order valence-electron chi connectivity index (χ3n) is 4.73. The van der Waals surface area contributed by atoms with E-state index in [0.717, 1.165) is 44.6 Å². The Morgan fingerprint density at radius 3 is 2.21 bits per heavy atom. The van der Waals surface area contributed by atoms with Crippen LogP contribution in [0.4, 0.5) is 13.2 Å². The predicted octanol–water partition coefficient (Wildman–Crippen LogP) is 5.06. The molecule has 0 spiro atoms. The van der Waals surface area contributed by atoms with E-state index in [1.807, 2.05) is 6.07 Å². The minimum Gasteiger partial charge on any atom is -0.314 e. The van der Waals surface area contributed by atoms with Crippen LogP contribution in [0, 0.1) is 5.92 Å². The second-order valence-corrected chi connectivity index (χ2v) is 7.11. The zero-order valence-corrected chi connectivity index (χ0v) is 16.3. The van der Waals surface area contributed by atoms with Crippen molar-refractivity contribution in [1.82, 2.24) is 10.2 Å². The molecule has 0 bridgehead atoms. The Kier molecular flexibility index (Phi) is 8.34. The van der Waals surface area contributed by atoms with E-state index in [1.54, 1.807) is 0 Å². The van der Waals surface area contributed by atoms with Crippen LogP contribution in [0.25, 0.3) is 0 Å². The number of nitrogens with one attached hydrogen (secondary N) is 1. The molecule has 1 saturated carbocycles. The van der Waals surface area contributed by atoms with Gasteiger partial charge in [0.25, 0.3) is 0 Å². The lowest BCUT2D eigenvalue weighted by molar-refractivity contribution is -0.137. The number of piperazine rings is 1. The number of rotatable bonds is 3. The SMILES string of the molecule is Cl.Cl.FC(F)(F)c1cc(Br)cc([C@H](C2CCC2)N2CCNCC2)c1. The first-order valence-corrected chi connectivity index (χ1v) is 8.57. The Morgan fingerprint density at radius 1 is 1.08 bits per heavy atom. The number of hydrogen-bond acceptors (Lipinski definition) is 2. The summed E-state index contributed by atoms with van der Waals surface area (Å²) in [6.07, 6.45) is -0.884. The molecule has 0 unspecified atom stereocenters. The van der Waals surface area contributed by atoms with E-state index in [1.165, 1.54) is 18.6 Å². The minimum absolute atomic E-state index is 0. The van der Waals surface area contributed by atoms with Crippen molar-refractivity contribution in [3.63, 3.8) is 0 Å². The second-order valence-electron chi connectivity index (χ2n) is 6.19. The van der Waals surface area contributed by atoms with Gasteiger partial charge in [0.2, 0.25) is 0 Å². The first-order chi connectivity index (χ1) is 10.4. The average Bonchev–Trinajstić information content (AvgIpc) is 2.42. The molecule has 1 N–H and O–H groups in total. The monoisotopic (exact) mass is 448 g/mol. The summed E-state index contributed by atoms with van der Waals surface area (Å²) in [6, 6.07) is 4.48. The van der Waals surface area contributed by atoms with E-state index < -0.39 is 11.7 Å². The van der Waals surface area contributed by atoms with Gasteiger partial charge >= 0.3 is 6.18 Å². The zero-order valence-electron chi connectivity index (χ0n) is 13.1. The maximum atomic E-state index is 13.1. The van der Waals surface area contributed by atoms with Gasteiger partial charge in [0.05, 0.1) is 5.56 Å². The largest absolute Gasteiger partial charge is 0.416 e. The molecule has 2 fully saturated rings. The molecule has 1 heterocycles. The van der Waals surface area contributed by atoms with Crippen molar-refractivity contribution in [2.45, 2.75) is 31.5 Å². The van der Waals surface area contributed by atoms with Gasteiger partial charge in [-0.15, -0.1) is 24.8 Å². The third-order valence-corrected chi connectivity index (χ3v) is 5.19. The summed E-state index contributed by atoms with van der Waals surface area (Å²) in [5.74, 6) is 0.480. The Labute approximate surface area is 161 Å². The van der Waals surface area contributed by atoms with Gasteiger partial charge in [-0.05, 0) is 42.5 Å². The number of halogens is 6. The van der Waals surface area contributed by atoms with Crippen molar-refractivity contribution >= 4 is 40.7 Å². The first kappa shape index (κ1) is 22.0. The summed E-state index contributed by atoms with van der Waals surface area (Å²) in [5, 5.41) is 3.31. The fraction of sp³-hybridized carbons (Fsp3) is 0.625. The average molecular weight is 450 g/mol. The molecule has 0 amide bonds. The number of benzene rings is 1. The van der Waals surface area contributed by atoms with Gasteiger partial charge in [0.1, 0.15) is 0 Å². The predicted molar refractivity (Wildman–Crippen MR) is 98.2 cm³/mol. The van der Waals surface area contributed by atoms with Crippen molar-refractivity contribution < 1.29 is 13.2 Å². The highest BCUT2D eigenvalue weighted by atomic mass is 79.9. The van der Waals surface area contributed by atoms with Crippen LogP contribution in [0.1, 0.15) is 36.4 Å². The molecular formula is C16H22BrCl2F3N2. The molecule has 8 heteroatoms. The van der Waals surface area contributed by atoms with E-state index in [0.29, 0.717) is 10.4 Å². The summed E-state index contributed by atoms with van der Waals surface area (Å²) in [4.78, 5) is 2.35. The molecular weight excluding hydrogens is 428 g/mol. The van der Waals surface area contributed by atoms with Crippen LogP contribution in [-0.2, 0) is 6.18 Å². The minimum atomic E-state index is -4.30. The van der Waals surface area contributed by atoms with Gasteiger partial charge in [0, 0.05) is 36.7 Å². The molecule has 1 atom stereocenters. The third kappa shape index (κ3) is 5.01. The van der Waals surface area contributed by atoms with Crippen molar-refractivity contribution in [2.75, 3.05) is 26.2 Å². The van der Waals surface area contributed by atoms with Crippen LogP contribution < -0.4 is 5.32 Å². The molecule has 1 aliphatic carbocycles. The fourth-order valence-electron chi connectivity index (χ4n) is 3.44. The zero-order chi connectivity index (χ0) is 15.7. The summed E-state index contributed by atoms with van der Waals surface area (Å²) in [5.41, 5.74) is 0.240. The molecule has 24 heavy (non-hydrogen) atoms. The molecule has 3 rings (SSSR count). The lowest BCUT2D eigenvalue weighted by Crippen LogP contribution is -2.47. The van der Waals surface area contributed by atoms with Crippen LogP contribution in [-0.4, -0.2) is 31.1 Å². The number of hydrogen-bond donors (Lipinski definition) is 1. The van der Waals surface area contributed by atoms with Gasteiger partial charge in [-0.3, -0.25) is 4.90 Å². The quantitative estimate of drug-likeness (QED) is 0.693. The number of alkyl halides is 3. The molecule has 1 aromatic carbocycles. The lowest BCUT2D eigenvalue weighted by atomic mass is 9.76. The second kappa shape index (κ2) is 9.08. The van der Waals surface area contributed by atoms with Crippen molar-refractivity contribution in [3.05, 3.63) is 33.8 Å². The topological polar surface area (TPSA) is 15.3 Å². The van der Waals surface area contributed by atoms with Crippen LogP contribution in [0.2, 0.25) is 0 Å². The molecule has 2 nitrogen and oxygen atoms in total. The molecule has 1 aromatic rings. The van der Waals surface area contributed by atoms with Crippen LogP contribution in [0.3, 0.4) is 0 Å². The Morgan fingerprint density at radius 2 is 1.71 bits per heavy atom. The van der Waals surface area contributed by atoms with E-state index in [-0.39, 0.29) is 30.9 Å². The fourth-order valence-corrected chi connectivity index (χ4v) is 3.95. The van der Waals surface area contributed by atoms with E-state index in [4.69, 9.17) is 0 Å². The van der Waals surface area contributed by atoms with Gasteiger partial charge in [-0.1, -0.05) is 22.4 Å². The van der Waals surface area contributed by atoms with E-state index in [9.17, 15) is 13.2 Å². The first-order valence-electron chi connectivity index (χ1n) is 7.77. The summed E-state index contributed by atoms with van der Waals surface area (Å²) in [7, 11) is 0. The normalized spacial score (nSPS) is 20.5. The van der Waals surface area contributed by atoms with Crippen LogP contribution >= 0.6 is 40.7 Å². The molecule has 0 aromatic heterocycles. The Hall–Kier alpha value is -0.0100. The Balaban J connectivity index is 0.00000144. The van der Waals surface area contributed by atoms with Gasteiger partial charge in [-0.25, -0.2) is 0 Å². The van der Waals surface area contributed by atoms with Crippen LogP contribution in [0.15, 0.2) is 22.7 Å². The standard InChI is InChI=1S/C16H20BrF3N2.2ClH/c17-14-9-12(8-13(10-14)16(18,19)20)15(11-2-1-3-11)22-6-4-21-5-7-22;;/h8-11,15,21H,1-7H2;2*1H/t15-;;/m0../s1. The summed E-state index contributed by atoms with van der Waals surface area (Å²) in [6.45, 7) is 3.61. The van der Waals surface area contributed by atoms with Crippen molar-refractivity contribution in [1.29, 1.82) is 0 Å². The molecule has 138 valence electrons. The molecule has 2 aliphatic rings. The highest BCUT2D eigenvalue weighted by Crippen LogP contribution is 2.43. The lowest BCUT2D eigenvalue weighted by Gasteiger charge is -2.43. The summed E-state index contributed by atoms with van der Waals surface area (Å²) >= 11 is 3.26. The van der Waals surface area contributed by atoms with E-state index >= 15 is 0 Å². The highest BCUT2D eigenvalue weighted by molar-refractivity contribution is 9.10. The Bertz CT molecular complexity index is 533. The summed E-state index contributed by atoms with van der Waals surface area (Å²) < 4.78 is 39.8. The maximum absolute atomic E-state index is 13.1. The molecule has 1 aliphatic heterocycles. The maximum Gasteiger partial charge on any atom is 0.416 e.